The molecule has 25 heavy (non-hydrogen) atoms. The molecule has 0 bridgehead atoms. The minimum absolute atomic E-state index is 0.109. The van der Waals surface area contributed by atoms with Crippen LogP contribution in [-0.2, 0) is 16.1 Å². The van der Waals surface area contributed by atoms with Crippen LogP contribution in [0.25, 0.3) is 11.3 Å². The Kier molecular flexibility index (Phi) is 7.63. The number of hydrogen-bond donors (Lipinski definition) is 1. The number of ether oxygens (including phenoxy) is 1. The molecule has 134 valence electrons. The van der Waals surface area contributed by atoms with E-state index in [-0.39, 0.29) is 24.4 Å². The van der Waals surface area contributed by atoms with Crippen molar-refractivity contribution >= 4 is 17.5 Å². The van der Waals surface area contributed by atoms with Gasteiger partial charge in [-0.05, 0) is 31.5 Å². The van der Waals surface area contributed by atoms with Gasteiger partial charge in [0.25, 0.3) is 5.56 Å². The fourth-order valence-corrected chi connectivity index (χ4v) is 2.35. The highest BCUT2D eigenvalue weighted by atomic mass is 35.5. The summed E-state index contributed by atoms with van der Waals surface area (Å²) in [4.78, 5) is 23.8. The molecule has 0 spiro atoms. The average molecular weight is 364 g/mol. The van der Waals surface area contributed by atoms with E-state index in [1.165, 1.54) is 10.7 Å². The van der Waals surface area contributed by atoms with Gasteiger partial charge in [0.2, 0.25) is 5.91 Å². The Morgan fingerprint density at radius 2 is 2.00 bits per heavy atom. The molecule has 0 radical (unpaired) electrons. The van der Waals surface area contributed by atoms with Crippen molar-refractivity contribution in [2.75, 3.05) is 19.8 Å². The third-order valence-electron chi connectivity index (χ3n) is 3.55. The highest BCUT2D eigenvalue weighted by Crippen LogP contribution is 2.18. The fraction of sp³-hybridized carbons (Fsp3) is 0.389. The van der Waals surface area contributed by atoms with Gasteiger partial charge in [-0.2, -0.15) is 5.10 Å². The van der Waals surface area contributed by atoms with Crippen LogP contribution in [0.3, 0.4) is 0 Å². The van der Waals surface area contributed by atoms with E-state index in [1.54, 1.807) is 18.2 Å². The molecule has 1 heterocycles. The van der Waals surface area contributed by atoms with Crippen LogP contribution in [0.15, 0.2) is 41.2 Å². The summed E-state index contributed by atoms with van der Waals surface area (Å²) >= 11 is 5.88. The van der Waals surface area contributed by atoms with Crippen LogP contribution in [0.2, 0.25) is 5.02 Å². The lowest BCUT2D eigenvalue weighted by Gasteiger charge is -2.08. The van der Waals surface area contributed by atoms with E-state index in [0.717, 1.165) is 12.0 Å². The first-order valence-corrected chi connectivity index (χ1v) is 8.66. The van der Waals surface area contributed by atoms with Crippen molar-refractivity contribution in [2.24, 2.45) is 0 Å². The Bertz CT molecular complexity index is 744. The molecule has 7 heteroatoms. The van der Waals surface area contributed by atoms with E-state index in [0.29, 0.717) is 30.5 Å². The summed E-state index contributed by atoms with van der Waals surface area (Å²) in [6.07, 6.45) is 0.968. The number of rotatable bonds is 9. The topological polar surface area (TPSA) is 73.2 Å². The van der Waals surface area contributed by atoms with Gasteiger partial charge >= 0.3 is 0 Å². The number of aryl methyl sites for hydroxylation is 1. The standard InChI is InChI=1S/C18H22ClN3O3/c1-2-25-13-3-11-20-17(23)10-12-22-18(24)9-8-16(21-22)14-4-6-15(19)7-5-14/h4-9H,2-3,10-13H2,1H3,(H,20,23). The van der Waals surface area contributed by atoms with Gasteiger partial charge in [0.1, 0.15) is 0 Å². The number of carbonyl (C=O) groups excluding carboxylic acids is 1. The van der Waals surface area contributed by atoms with Crippen molar-refractivity contribution in [1.82, 2.24) is 15.1 Å². The molecule has 0 fully saturated rings. The van der Waals surface area contributed by atoms with Crippen molar-refractivity contribution in [3.8, 4) is 11.3 Å². The monoisotopic (exact) mass is 363 g/mol. The van der Waals surface area contributed by atoms with E-state index < -0.39 is 0 Å². The molecule has 1 N–H and O–H groups in total. The van der Waals surface area contributed by atoms with Gasteiger partial charge in [-0.25, -0.2) is 4.68 Å². The lowest BCUT2D eigenvalue weighted by molar-refractivity contribution is -0.121. The minimum Gasteiger partial charge on any atom is -0.382 e. The highest BCUT2D eigenvalue weighted by molar-refractivity contribution is 6.30. The highest BCUT2D eigenvalue weighted by Gasteiger charge is 2.06. The van der Waals surface area contributed by atoms with Crippen LogP contribution in [0, 0.1) is 0 Å². The zero-order valence-electron chi connectivity index (χ0n) is 14.2. The number of aromatic nitrogens is 2. The van der Waals surface area contributed by atoms with E-state index >= 15 is 0 Å². The van der Waals surface area contributed by atoms with Gasteiger partial charge in [0, 0.05) is 42.8 Å². The SMILES string of the molecule is CCOCCCNC(=O)CCn1nc(-c2ccc(Cl)cc2)ccc1=O. The predicted molar refractivity (Wildman–Crippen MR) is 97.7 cm³/mol. The predicted octanol–water partition coefficient (Wildman–Crippen LogP) is 2.50. The average Bonchev–Trinajstić information content (AvgIpc) is 2.61. The summed E-state index contributed by atoms with van der Waals surface area (Å²) in [5.74, 6) is -0.109. The molecule has 0 unspecified atom stereocenters. The zero-order valence-corrected chi connectivity index (χ0v) is 15.0. The normalized spacial score (nSPS) is 10.6. The van der Waals surface area contributed by atoms with E-state index in [9.17, 15) is 9.59 Å². The van der Waals surface area contributed by atoms with Gasteiger partial charge in [0.15, 0.2) is 0 Å². The second-order valence-corrected chi connectivity index (χ2v) is 5.87. The molecule has 0 aliphatic heterocycles. The number of benzene rings is 1. The van der Waals surface area contributed by atoms with Crippen molar-refractivity contribution < 1.29 is 9.53 Å². The quantitative estimate of drug-likeness (QED) is 0.695. The first-order chi connectivity index (χ1) is 12.1. The number of halogens is 1. The molecule has 0 aliphatic rings. The van der Waals surface area contributed by atoms with Crippen molar-refractivity contribution in [3.63, 3.8) is 0 Å². The molecule has 2 aromatic rings. The number of nitrogens with zero attached hydrogens (tertiary/aromatic N) is 2. The van der Waals surface area contributed by atoms with Crippen LogP contribution in [0.4, 0.5) is 0 Å². The number of amides is 1. The molecule has 2 rings (SSSR count). The smallest absolute Gasteiger partial charge is 0.266 e. The molecule has 0 atom stereocenters. The van der Waals surface area contributed by atoms with Gasteiger partial charge in [-0.3, -0.25) is 9.59 Å². The summed E-state index contributed by atoms with van der Waals surface area (Å²) < 4.78 is 6.52. The largest absolute Gasteiger partial charge is 0.382 e. The Morgan fingerprint density at radius 3 is 2.72 bits per heavy atom. The van der Waals surface area contributed by atoms with Crippen molar-refractivity contribution in [1.29, 1.82) is 0 Å². The third-order valence-corrected chi connectivity index (χ3v) is 3.80. The Hall–Kier alpha value is -2.18. The van der Waals surface area contributed by atoms with Crippen molar-refractivity contribution in [2.45, 2.75) is 26.3 Å². The molecule has 1 aromatic carbocycles. The van der Waals surface area contributed by atoms with Crippen LogP contribution in [0.1, 0.15) is 19.8 Å². The fourth-order valence-electron chi connectivity index (χ4n) is 2.23. The molecular weight excluding hydrogens is 342 g/mol. The van der Waals surface area contributed by atoms with Gasteiger partial charge < -0.3 is 10.1 Å². The van der Waals surface area contributed by atoms with E-state index in [2.05, 4.69) is 10.4 Å². The lowest BCUT2D eigenvalue weighted by Crippen LogP contribution is -2.29. The Balaban J connectivity index is 1.91. The second-order valence-electron chi connectivity index (χ2n) is 5.44. The molecule has 1 amide bonds. The molecule has 0 aliphatic carbocycles. The maximum Gasteiger partial charge on any atom is 0.266 e. The Labute approximate surface area is 151 Å². The van der Waals surface area contributed by atoms with Crippen LogP contribution < -0.4 is 10.9 Å². The molecular formula is C18H22ClN3O3. The van der Waals surface area contributed by atoms with Gasteiger partial charge in [-0.1, -0.05) is 23.7 Å². The summed E-state index contributed by atoms with van der Waals surface area (Å²) in [5, 5.41) is 7.77. The minimum atomic E-state index is -0.234. The zero-order chi connectivity index (χ0) is 18.1. The van der Waals surface area contributed by atoms with Gasteiger partial charge in [-0.15, -0.1) is 0 Å². The second kappa shape index (κ2) is 9.96. The molecule has 6 nitrogen and oxygen atoms in total. The van der Waals surface area contributed by atoms with Crippen LogP contribution in [0.5, 0.6) is 0 Å². The first kappa shape index (κ1) is 19.1. The van der Waals surface area contributed by atoms with Crippen LogP contribution in [-0.4, -0.2) is 35.4 Å². The number of nitrogens with one attached hydrogen (secondary N) is 1. The summed E-state index contributed by atoms with van der Waals surface area (Å²) in [6.45, 7) is 4.03. The molecule has 0 saturated heterocycles. The molecule has 0 saturated carbocycles. The summed E-state index contributed by atoms with van der Waals surface area (Å²) in [7, 11) is 0. The maximum atomic E-state index is 11.9. The number of hydrogen-bond acceptors (Lipinski definition) is 4. The number of carbonyl (C=O) groups is 1. The third kappa shape index (κ3) is 6.32. The molecule has 1 aromatic heterocycles. The maximum absolute atomic E-state index is 11.9. The summed E-state index contributed by atoms with van der Waals surface area (Å²) in [6, 6.07) is 10.3. The lowest BCUT2D eigenvalue weighted by atomic mass is 10.1. The van der Waals surface area contributed by atoms with Gasteiger partial charge in [0.05, 0.1) is 12.2 Å². The first-order valence-electron chi connectivity index (χ1n) is 8.28. The summed E-state index contributed by atoms with van der Waals surface area (Å²) in [5.41, 5.74) is 1.29. The van der Waals surface area contributed by atoms with Crippen molar-refractivity contribution in [3.05, 3.63) is 51.8 Å². The van der Waals surface area contributed by atoms with Crippen LogP contribution >= 0.6 is 11.6 Å². The van der Waals surface area contributed by atoms with E-state index in [4.69, 9.17) is 16.3 Å². The van der Waals surface area contributed by atoms with E-state index in [1.807, 2.05) is 19.1 Å². The Morgan fingerprint density at radius 1 is 1.24 bits per heavy atom.